The second-order valence-electron chi connectivity index (χ2n) is 5.80. The summed E-state index contributed by atoms with van der Waals surface area (Å²) < 4.78 is 0. The topological polar surface area (TPSA) is 58.2 Å². The van der Waals surface area contributed by atoms with Crippen LogP contribution in [0.5, 0.6) is 0 Å². The normalized spacial score (nSPS) is 21.5. The maximum absolute atomic E-state index is 11.8. The molecule has 114 valence electrons. The fourth-order valence-electron chi connectivity index (χ4n) is 2.36. The first kappa shape index (κ1) is 15.8. The molecule has 1 aliphatic carbocycles. The molecule has 2 N–H and O–H groups in total. The van der Waals surface area contributed by atoms with E-state index in [0.29, 0.717) is 17.4 Å². The molecule has 2 amide bonds. The van der Waals surface area contributed by atoms with E-state index in [4.69, 9.17) is 11.6 Å². The number of carbonyl (C=O) groups excluding carboxylic acids is 2. The Morgan fingerprint density at radius 1 is 1.38 bits per heavy atom. The van der Waals surface area contributed by atoms with Crippen molar-refractivity contribution in [1.82, 2.24) is 10.6 Å². The fourth-order valence-corrected chi connectivity index (χ4v) is 2.57. The molecular formula is C16H21ClN2O2. The van der Waals surface area contributed by atoms with Crippen LogP contribution in [0, 0.1) is 11.8 Å². The molecule has 1 aliphatic rings. The van der Waals surface area contributed by atoms with E-state index in [0.717, 1.165) is 12.0 Å². The first-order chi connectivity index (χ1) is 9.97. The molecule has 0 spiro atoms. The average Bonchev–Trinajstić information content (AvgIpc) is 3.16. The van der Waals surface area contributed by atoms with Crippen molar-refractivity contribution in [2.24, 2.45) is 11.8 Å². The van der Waals surface area contributed by atoms with E-state index in [9.17, 15) is 9.59 Å². The third kappa shape index (κ3) is 4.74. The lowest BCUT2D eigenvalue weighted by Gasteiger charge is -2.15. The molecule has 1 aromatic carbocycles. The number of hydrogen-bond acceptors (Lipinski definition) is 2. The summed E-state index contributed by atoms with van der Waals surface area (Å²) in [5, 5.41) is 6.25. The zero-order valence-electron chi connectivity index (χ0n) is 12.4. The van der Waals surface area contributed by atoms with Gasteiger partial charge in [0.25, 0.3) is 0 Å². The molecule has 21 heavy (non-hydrogen) atoms. The van der Waals surface area contributed by atoms with Gasteiger partial charge in [0.15, 0.2) is 0 Å². The van der Waals surface area contributed by atoms with Crippen LogP contribution in [0.2, 0.25) is 5.02 Å². The zero-order valence-corrected chi connectivity index (χ0v) is 13.1. The first-order valence-electron chi connectivity index (χ1n) is 7.28. The van der Waals surface area contributed by atoms with Crippen LogP contribution in [-0.4, -0.2) is 24.4 Å². The fraction of sp³-hybridized carbons (Fsp3) is 0.500. The van der Waals surface area contributed by atoms with Crippen molar-refractivity contribution in [3.8, 4) is 0 Å². The highest BCUT2D eigenvalue weighted by Gasteiger charge is 2.38. The first-order valence-corrected chi connectivity index (χ1v) is 7.65. The standard InChI is InChI=1S/C16H21ClN2O2/c1-10-7-13(10)16(21)18-9-15(20)19-11(2)8-12-5-3-4-6-14(12)17/h3-6,10-11,13H,7-9H2,1-2H3,(H,18,21)(H,19,20)/t10-,11+,13-/m0/s1. The minimum Gasteiger partial charge on any atom is -0.352 e. The molecule has 0 heterocycles. The van der Waals surface area contributed by atoms with Gasteiger partial charge >= 0.3 is 0 Å². The quantitative estimate of drug-likeness (QED) is 0.846. The van der Waals surface area contributed by atoms with E-state index >= 15 is 0 Å². The van der Waals surface area contributed by atoms with Crippen LogP contribution >= 0.6 is 11.6 Å². The molecule has 5 heteroatoms. The molecule has 3 atom stereocenters. The van der Waals surface area contributed by atoms with Gasteiger partial charge in [-0.25, -0.2) is 0 Å². The molecular weight excluding hydrogens is 288 g/mol. The van der Waals surface area contributed by atoms with Gasteiger partial charge in [-0.15, -0.1) is 0 Å². The highest BCUT2D eigenvalue weighted by atomic mass is 35.5. The van der Waals surface area contributed by atoms with Gasteiger partial charge in [-0.1, -0.05) is 36.7 Å². The molecule has 0 saturated heterocycles. The molecule has 0 radical (unpaired) electrons. The third-order valence-electron chi connectivity index (χ3n) is 3.76. The van der Waals surface area contributed by atoms with Gasteiger partial charge in [0.2, 0.25) is 11.8 Å². The average molecular weight is 309 g/mol. The van der Waals surface area contributed by atoms with Crippen molar-refractivity contribution in [3.63, 3.8) is 0 Å². The number of carbonyl (C=O) groups is 2. The smallest absolute Gasteiger partial charge is 0.239 e. The van der Waals surface area contributed by atoms with Crippen LogP contribution in [-0.2, 0) is 16.0 Å². The number of nitrogens with one attached hydrogen (secondary N) is 2. The number of halogens is 1. The van der Waals surface area contributed by atoms with Gasteiger partial charge in [0.05, 0.1) is 6.54 Å². The van der Waals surface area contributed by atoms with Crippen molar-refractivity contribution in [3.05, 3.63) is 34.9 Å². The Hall–Kier alpha value is -1.55. The van der Waals surface area contributed by atoms with Crippen molar-refractivity contribution in [2.45, 2.75) is 32.7 Å². The van der Waals surface area contributed by atoms with Crippen LogP contribution in [0.25, 0.3) is 0 Å². The predicted molar refractivity (Wildman–Crippen MR) is 83.0 cm³/mol. The minimum absolute atomic E-state index is 0.0172. The lowest BCUT2D eigenvalue weighted by atomic mass is 10.1. The summed E-state index contributed by atoms with van der Waals surface area (Å²) >= 11 is 6.09. The van der Waals surface area contributed by atoms with E-state index in [-0.39, 0.29) is 30.3 Å². The van der Waals surface area contributed by atoms with E-state index in [2.05, 4.69) is 10.6 Å². The molecule has 0 aliphatic heterocycles. The SMILES string of the molecule is C[C@H](Cc1ccccc1Cl)NC(=O)CNC(=O)[C@H]1C[C@@H]1C. The molecule has 1 aromatic rings. The molecule has 1 fully saturated rings. The molecule has 2 rings (SSSR count). The van der Waals surface area contributed by atoms with Crippen molar-refractivity contribution < 1.29 is 9.59 Å². The Labute approximate surface area is 130 Å². The largest absolute Gasteiger partial charge is 0.352 e. The second kappa shape index (κ2) is 6.94. The summed E-state index contributed by atoms with van der Waals surface area (Å²) in [5.41, 5.74) is 1.00. The van der Waals surface area contributed by atoms with E-state index in [1.807, 2.05) is 38.1 Å². The minimum atomic E-state index is -0.170. The molecule has 1 saturated carbocycles. The maximum atomic E-state index is 11.8. The number of benzene rings is 1. The Morgan fingerprint density at radius 2 is 2.05 bits per heavy atom. The Bertz CT molecular complexity index is 533. The van der Waals surface area contributed by atoms with Gasteiger partial charge < -0.3 is 10.6 Å². The summed E-state index contributed by atoms with van der Waals surface area (Å²) in [4.78, 5) is 23.4. The lowest BCUT2D eigenvalue weighted by molar-refractivity contribution is -0.127. The Balaban J connectivity index is 1.72. The van der Waals surface area contributed by atoms with Gasteiger partial charge in [-0.05, 0) is 37.3 Å². The number of hydrogen-bond donors (Lipinski definition) is 2. The zero-order chi connectivity index (χ0) is 15.4. The predicted octanol–water partition coefficient (Wildman–Crippen LogP) is 2.16. The molecule has 4 nitrogen and oxygen atoms in total. The van der Waals surface area contributed by atoms with Crippen LogP contribution in [0.15, 0.2) is 24.3 Å². The third-order valence-corrected chi connectivity index (χ3v) is 4.13. The van der Waals surface area contributed by atoms with Crippen molar-refractivity contribution in [1.29, 1.82) is 0 Å². The van der Waals surface area contributed by atoms with Crippen LogP contribution in [0.4, 0.5) is 0 Å². The number of rotatable bonds is 6. The number of amides is 2. The van der Waals surface area contributed by atoms with E-state index in [1.165, 1.54) is 0 Å². The Morgan fingerprint density at radius 3 is 2.67 bits per heavy atom. The summed E-state index contributed by atoms with van der Waals surface area (Å²) in [6, 6.07) is 7.55. The lowest BCUT2D eigenvalue weighted by Crippen LogP contribution is -2.42. The van der Waals surface area contributed by atoms with Gasteiger partial charge in [0.1, 0.15) is 0 Å². The van der Waals surface area contributed by atoms with Crippen LogP contribution < -0.4 is 10.6 Å². The second-order valence-corrected chi connectivity index (χ2v) is 6.21. The monoisotopic (exact) mass is 308 g/mol. The molecule has 0 bridgehead atoms. The highest BCUT2D eigenvalue weighted by Crippen LogP contribution is 2.37. The van der Waals surface area contributed by atoms with Gasteiger partial charge in [0, 0.05) is 17.0 Å². The van der Waals surface area contributed by atoms with E-state index < -0.39 is 0 Å². The van der Waals surface area contributed by atoms with Crippen LogP contribution in [0.1, 0.15) is 25.8 Å². The van der Waals surface area contributed by atoms with Crippen LogP contribution in [0.3, 0.4) is 0 Å². The van der Waals surface area contributed by atoms with Crippen molar-refractivity contribution in [2.75, 3.05) is 6.54 Å². The Kier molecular flexibility index (Phi) is 5.23. The van der Waals surface area contributed by atoms with Gasteiger partial charge in [-0.3, -0.25) is 9.59 Å². The highest BCUT2D eigenvalue weighted by molar-refractivity contribution is 6.31. The summed E-state index contributed by atoms with van der Waals surface area (Å²) in [6.07, 6.45) is 1.59. The maximum Gasteiger partial charge on any atom is 0.239 e. The molecule has 0 aromatic heterocycles. The van der Waals surface area contributed by atoms with Gasteiger partial charge in [-0.2, -0.15) is 0 Å². The summed E-state index contributed by atoms with van der Waals surface area (Å²) in [7, 11) is 0. The summed E-state index contributed by atoms with van der Waals surface area (Å²) in [5.74, 6) is 0.359. The molecule has 0 unspecified atom stereocenters. The summed E-state index contributed by atoms with van der Waals surface area (Å²) in [6.45, 7) is 4.00. The van der Waals surface area contributed by atoms with Crippen molar-refractivity contribution >= 4 is 23.4 Å². The van der Waals surface area contributed by atoms with E-state index in [1.54, 1.807) is 0 Å².